The van der Waals surface area contributed by atoms with E-state index in [2.05, 4.69) is 4.74 Å². The SMILES string of the molecule is C1CCOC1.CC(=O)OCC(C)C. The highest BCUT2D eigenvalue weighted by molar-refractivity contribution is 5.65. The van der Waals surface area contributed by atoms with Crippen molar-refractivity contribution in [3.05, 3.63) is 0 Å². The van der Waals surface area contributed by atoms with E-state index in [-0.39, 0.29) is 5.97 Å². The van der Waals surface area contributed by atoms with E-state index in [0.717, 1.165) is 13.2 Å². The second kappa shape index (κ2) is 8.05. The summed E-state index contributed by atoms with van der Waals surface area (Å²) in [5.41, 5.74) is 0. The predicted molar refractivity (Wildman–Crippen MR) is 51.5 cm³/mol. The minimum atomic E-state index is -0.196. The van der Waals surface area contributed by atoms with Gasteiger partial charge in [-0.05, 0) is 18.8 Å². The molecular weight excluding hydrogens is 168 g/mol. The van der Waals surface area contributed by atoms with Crippen molar-refractivity contribution < 1.29 is 14.3 Å². The van der Waals surface area contributed by atoms with E-state index in [1.165, 1.54) is 19.8 Å². The first-order valence-electron chi connectivity index (χ1n) is 4.84. The second-order valence-electron chi connectivity index (χ2n) is 3.52. The molecule has 0 spiro atoms. The van der Waals surface area contributed by atoms with Crippen LogP contribution in [0.3, 0.4) is 0 Å². The molecule has 13 heavy (non-hydrogen) atoms. The van der Waals surface area contributed by atoms with Crippen LogP contribution < -0.4 is 0 Å². The van der Waals surface area contributed by atoms with Crippen molar-refractivity contribution in [3.63, 3.8) is 0 Å². The van der Waals surface area contributed by atoms with Crippen LogP contribution in [0.15, 0.2) is 0 Å². The fraction of sp³-hybridized carbons (Fsp3) is 0.900. The molecule has 0 radical (unpaired) electrons. The Kier molecular flexibility index (Phi) is 7.69. The minimum absolute atomic E-state index is 0.196. The van der Waals surface area contributed by atoms with Crippen LogP contribution in [0.25, 0.3) is 0 Å². The predicted octanol–water partition coefficient (Wildman–Crippen LogP) is 2.00. The molecule has 1 aliphatic heterocycles. The van der Waals surface area contributed by atoms with Gasteiger partial charge in [-0.1, -0.05) is 13.8 Å². The van der Waals surface area contributed by atoms with Gasteiger partial charge in [-0.2, -0.15) is 0 Å². The summed E-state index contributed by atoms with van der Waals surface area (Å²) in [6.07, 6.45) is 2.56. The Labute approximate surface area is 80.4 Å². The van der Waals surface area contributed by atoms with Crippen molar-refractivity contribution in [1.82, 2.24) is 0 Å². The lowest BCUT2D eigenvalue weighted by molar-refractivity contribution is -0.141. The zero-order valence-corrected chi connectivity index (χ0v) is 8.84. The van der Waals surface area contributed by atoms with Crippen molar-refractivity contribution in [2.75, 3.05) is 19.8 Å². The Morgan fingerprint density at radius 2 is 1.92 bits per heavy atom. The smallest absolute Gasteiger partial charge is 0.302 e. The fourth-order valence-electron chi connectivity index (χ4n) is 0.794. The topological polar surface area (TPSA) is 35.5 Å². The van der Waals surface area contributed by atoms with Crippen LogP contribution in [-0.2, 0) is 14.3 Å². The lowest BCUT2D eigenvalue weighted by atomic mass is 10.2. The monoisotopic (exact) mass is 188 g/mol. The largest absolute Gasteiger partial charge is 0.466 e. The van der Waals surface area contributed by atoms with Gasteiger partial charge in [0.1, 0.15) is 0 Å². The van der Waals surface area contributed by atoms with Crippen LogP contribution in [0.5, 0.6) is 0 Å². The number of hydrogen-bond acceptors (Lipinski definition) is 3. The number of carbonyl (C=O) groups excluding carboxylic acids is 1. The third kappa shape index (κ3) is 11.4. The number of ether oxygens (including phenoxy) is 2. The van der Waals surface area contributed by atoms with Crippen molar-refractivity contribution in [2.45, 2.75) is 33.6 Å². The maximum atomic E-state index is 10.1. The highest BCUT2D eigenvalue weighted by Crippen LogP contribution is 1.98. The Balaban J connectivity index is 0.000000243. The highest BCUT2D eigenvalue weighted by atomic mass is 16.5. The summed E-state index contributed by atoms with van der Waals surface area (Å²) in [5, 5.41) is 0. The maximum Gasteiger partial charge on any atom is 0.302 e. The zero-order chi connectivity index (χ0) is 10.1. The maximum absolute atomic E-state index is 10.1. The number of hydrogen-bond donors (Lipinski definition) is 0. The Morgan fingerprint density at radius 1 is 1.38 bits per heavy atom. The average Bonchev–Trinajstić information content (AvgIpc) is 2.57. The normalized spacial score (nSPS) is 15.1. The molecule has 1 fully saturated rings. The van der Waals surface area contributed by atoms with Gasteiger partial charge in [0, 0.05) is 20.1 Å². The molecule has 3 heteroatoms. The summed E-state index contributed by atoms with van der Waals surface area (Å²) in [5.74, 6) is 0.248. The number of carbonyl (C=O) groups is 1. The van der Waals surface area contributed by atoms with E-state index in [9.17, 15) is 4.79 Å². The molecule has 0 aromatic rings. The molecule has 1 saturated heterocycles. The second-order valence-corrected chi connectivity index (χ2v) is 3.52. The molecule has 0 aromatic carbocycles. The van der Waals surface area contributed by atoms with Crippen LogP contribution in [0.1, 0.15) is 33.6 Å². The van der Waals surface area contributed by atoms with Gasteiger partial charge in [0.05, 0.1) is 6.61 Å². The molecule has 0 atom stereocenters. The summed E-state index contributed by atoms with van der Waals surface area (Å²) >= 11 is 0. The van der Waals surface area contributed by atoms with E-state index in [0.29, 0.717) is 12.5 Å². The molecule has 0 aromatic heterocycles. The number of esters is 1. The Morgan fingerprint density at radius 3 is 2.08 bits per heavy atom. The first-order chi connectivity index (χ1) is 6.13. The molecule has 3 nitrogen and oxygen atoms in total. The Hall–Kier alpha value is -0.570. The molecule has 0 bridgehead atoms. The van der Waals surface area contributed by atoms with Crippen molar-refractivity contribution in [3.8, 4) is 0 Å². The summed E-state index contributed by atoms with van der Waals surface area (Å²) in [7, 11) is 0. The van der Waals surface area contributed by atoms with Gasteiger partial charge < -0.3 is 9.47 Å². The highest BCUT2D eigenvalue weighted by Gasteiger charge is 1.95. The minimum Gasteiger partial charge on any atom is -0.466 e. The quantitative estimate of drug-likeness (QED) is 0.622. The van der Waals surface area contributed by atoms with Crippen LogP contribution in [0.2, 0.25) is 0 Å². The zero-order valence-electron chi connectivity index (χ0n) is 8.84. The van der Waals surface area contributed by atoms with Gasteiger partial charge in [0.2, 0.25) is 0 Å². The summed E-state index contributed by atoms with van der Waals surface area (Å²) < 4.78 is 9.61. The summed E-state index contributed by atoms with van der Waals surface area (Å²) in [4.78, 5) is 10.1. The van der Waals surface area contributed by atoms with Crippen LogP contribution in [0, 0.1) is 5.92 Å². The van der Waals surface area contributed by atoms with Crippen molar-refractivity contribution in [1.29, 1.82) is 0 Å². The van der Waals surface area contributed by atoms with Crippen LogP contribution in [-0.4, -0.2) is 25.8 Å². The van der Waals surface area contributed by atoms with Gasteiger partial charge >= 0.3 is 5.97 Å². The standard InChI is InChI=1S/C6H12O2.C4H8O/c1-5(2)4-8-6(3)7;1-2-4-5-3-1/h5H,4H2,1-3H3;1-4H2. The molecule has 0 saturated carbocycles. The molecular formula is C10H20O3. The molecule has 1 heterocycles. The van der Waals surface area contributed by atoms with Gasteiger partial charge in [-0.15, -0.1) is 0 Å². The molecule has 0 N–H and O–H groups in total. The molecule has 1 rings (SSSR count). The van der Waals surface area contributed by atoms with Crippen molar-refractivity contribution >= 4 is 5.97 Å². The lowest BCUT2D eigenvalue weighted by Crippen LogP contribution is -2.05. The van der Waals surface area contributed by atoms with Gasteiger partial charge in [0.15, 0.2) is 0 Å². The van der Waals surface area contributed by atoms with Crippen LogP contribution >= 0.6 is 0 Å². The molecule has 0 amide bonds. The van der Waals surface area contributed by atoms with E-state index in [4.69, 9.17) is 4.74 Å². The number of rotatable bonds is 2. The lowest BCUT2D eigenvalue weighted by Gasteiger charge is -2.02. The first-order valence-corrected chi connectivity index (χ1v) is 4.84. The third-order valence-electron chi connectivity index (χ3n) is 1.45. The van der Waals surface area contributed by atoms with Gasteiger partial charge in [-0.25, -0.2) is 0 Å². The molecule has 0 aliphatic carbocycles. The van der Waals surface area contributed by atoms with E-state index >= 15 is 0 Å². The molecule has 1 aliphatic rings. The first kappa shape index (κ1) is 12.4. The van der Waals surface area contributed by atoms with Gasteiger partial charge in [-0.3, -0.25) is 4.79 Å². The fourth-order valence-corrected chi connectivity index (χ4v) is 0.794. The third-order valence-corrected chi connectivity index (χ3v) is 1.45. The van der Waals surface area contributed by atoms with Crippen molar-refractivity contribution in [2.24, 2.45) is 5.92 Å². The van der Waals surface area contributed by atoms with Crippen LogP contribution in [0.4, 0.5) is 0 Å². The Bertz CT molecular complexity index is 121. The molecule has 0 unspecified atom stereocenters. The van der Waals surface area contributed by atoms with E-state index in [1.807, 2.05) is 13.8 Å². The average molecular weight is 188 g/mol. The summed E-state index contributed by atoms with van der Waals surface area (Å²) in [6.45, 7) is 7.96. The van der Waals surface area contributed by atoms with E-state index in [1.54, 1.807) is 0 Å². The van der Waals surface area contributed by atoms with E-state index < -0.39 is 0 Å². The van der Waals surface area contributed by atoms with Gasteiger partial charge in [0.25, 0.3) is 0 Å². The molecule has 78 valence electrons. The summed E-state index contributed by atoms with van der Waals surface area (Å²) in [6, 6.07) is 0.